The number of piperazine rings is 1. The van der Waals surface area contributed by atoms with Crippen molar-refractivity contribution in [2.45, 2.75) is 6.18 Å². The summed E-state index contributed by atoms with van der Waals surface area (Å²) in [5.41, 5.74) is -1.67. The number of nitrogens with zero attached hydrogens (tertiary/aromatic N) is 7. The largest absolute Gasteiger partial charge is 0.435 e. The molecule has 0 N–H and O–H groups in total. The maximum atomic E-state index is 12.8. The molecule has 146 valence electrons. The highest BCUT2D eigenvalue weighted by Gasteiger charge is 2.36. The van der Waals surface area contributed by atoms with E-state index in [1.165, 1.54) is 7.05 Å². The lowest BCUT2D eigenvalue weighted by atomic mass is 10.3. The lowest BCUT2D eigenvalue weighted by Crippen LogP contribution is -2.45. The highest BCUT2D eigenvalue weighted by Crippen LogP contribution is 2.37. The van der Waals surface area contributed by atoms with E-state index in [9.17, 15) is 23.3 Å². The van der Waals surface area contributed by atoms with Crippen molar-refractivity contribution in [2.24, 2.45) is 7.05 Å². The van der Waals surface area contributed by atoms with Crippen molar-refractivity contribution in [1.29, 1.82) is 0 Å². The normalized spacial score (nSPS) is 15.8. The Labute approximate surface area is 151 Å². The smallest absolute Gasteiger partial charge is 0.415 e. The van der Waals surface area contributed by atoms with Crippen LogP contribution in [-0.4, -0.2) is 62.8 Å². The summed E-state index contributed by atoms with van der Waals surface area (Å²) in [6, 6.07) is 0.654. The number of alkyl halides is 3. The molecule has 0 aliphatic carbocycles. The number of ether oxygens (including phenoxy) is 1. The fourth-order valence-corrected chi connectivity index (χ4v) is 2.62. The number of aromatic nitrogens is 4. The van der Waals surface area contributed by atoms with E-state index in [1.54, 1.807) is 4.90 Å². The van der Waals surface area contributed by atoms with Crippen LogP contribution < -0.4 is 9.64 Å². The van der Waals surface area contributed by atoms with Crippen LogP contribution in [0, 0.1) is 10.1 Å². The zero-order valence-electron chi connectivity index (χ0n) is 14.5. The first-order valence-corrected chi connectivity index (χ1v) is 7.89. The fourth-order valence-electron chi connectivity index (χ4n) is 2.62. The second kappa shape index (κ2) is 6.98. The molecular formula is C14H16F3N7O3. The first kappa shape index (κ1) is 18.8. The summed E-state index contributed by atoms with van der Waals surface area (Å²) in [4.78, 5) is 22.4. The molecule has 27 heavy (non-hydrogen) atoms. The van der Waals surface area contributed by atoms with E-state index < -0.39 is 28.4 Å². The summed E-state index contributed by atoms with van der Waals surface area (Å²) in [6.07, 6.45) is -3.58. The average Bonchev–Trinajstić information content (AvgIpc) is 2.96. The van der Waals surface area contributed by atoms with Gasteiger partial charge in [0.15, 0.2) is 5.69 Å². The van der Waals surface area contributed by atoms with Crippen molar-refractivity contribution in [1.82, 2.24) is 24.6 Å². The Morgan fingerprint density at radius 1 is 1.19 bits per heavy atom. The molecule has 0 spiro atoms. The Kier molecular flexibility index (Phi) is 4.87. The van der Waals surface area contributed by atoms with Gasteiger partial charge >= 0.3 is 17.7 Å². The zero-order chi connectivity index (χ0) is 19.8. The van der Waals surface area contributed by atoms with E-state index in [-0.39, 0.29) is 11.7 Å². The third kappa shape index (κ3) is 3.92. The van der Waals surface area contributed by atoms with Crippen molar-refractivity contribution in [3.8, 4) is 11.8 Å². The van der Waals surface area contributed by atoms with E-state index in [1.807, 2.05) is 7.05 Å². The van der Waals surface area contributed by atoms with Gasteiger partial charge in [-0.2, -0.15) is 23.3 Å². The van der Waals surface area contributed by atoms with E-state index in [0.717, 1.165) is 11.0 Å². The van der Waals surface area contributed by atoms with Gasteiger partial charge in [0.05, 0.1) is 4.92 Å². The summed E-state index contributed by atoms with van der Waals surface area (Å²) < 4.78 is 44.5. The molecule has 1 saturated heterocycles. The van der Waals surface area contributed by atoms with Gasteiger partial charge in [0.2, 0.25) is 11.7 Å². The molecule has 0 radical (unpaired) electrons. The molecule has 13 heteroatoms. The Morgan fingerprint density at radius 2 is 1.85 bits per heavy atom. The predicted molar refractivity (Wildman–Crippen MR) is 86.7 cm³/mol. The number of aryl methyl sites for hydroxylation is 1. The van der Waals surface area contributed by atoms with Gasteiger partial charge in [-0.3, -0.25) is 10.1 Å². The van der Waals surface area contributed by atoms with E-state index >= 15 is 0 Å². The van der Waals surface area contributed by atoms with Crippen LogP contribution in [-0.2, 0) is 13.2 Å². The summed E-state index contributed by atoms with van der Waals surface area (Å²) >= 11 is 0. The summed E-state index contributed by atoms with van der Waals surface area (Å²) in [5, 5.41) is 14.9. The van der Waals surface area contributed by atoms with E-state index in [0.29, 0.717) is 32.2 Å². The molecule has 1 fully saturated rings. The second-order valence-electron chi connectivity index (χ2n) is 5.99. The Bertz CT molecular complexity index is 847. The van der Waals surface area contributed by atoms with Gasteiger partial charge in [-0.15, -0.1) is 0 Å². The van der Waals surface area contributed by atoms with Gasteiger partial charge in [0, 0.05) is 39.3 Å². The number of likely N-dealkylation sites (N-methyl/N-ethyl adjacent to an activating group) is 1. The lowest BCUT2D eigenvalue weighted by Gasteiger charge is -2.32. The monoisotopic (exact) mass is 387 g/mol. The van der Waals surface area contributed by atoms with E-state index in [4.69, 9.17) is 4.74 Å². The van der Waals surface area contributed by atoms with Crippen molar-refractivity contribution in [2.75, 3.05) is 38.1 Å². The Hall–Kier alpha value is -2.96. The number of nitro groups is 1. The molecule has 1 aliphatic rings. The van der Waals surface area contributed by atoms with Crippen LogP contribution in [0.2, 0.25) is 0 Å². The first-order chi connectivity index (χ1) is 12.7. The van der Waals surface area contributed by atoms with Gasteiger partial charge in [-0.25, -0.2) is 9.67 Å². The van der Waals surface area contributed by atoms with Gasteiger partial charge in [-0.05, 0) is 7.05 Å². The molecule has 1 aliphatic heterocycles. The minimum Gasteiger partial charge on any atom is -0.415 e. The molecule has 10 nitrogen and oxygen atoms in total. The van der Waals surface area contributed by atoms with Crippen molar-refractivity contribution < 1.29 is 22.8 Å². The van der Waals surface area contributed by atoms with Crippen molar-refractivity contribution >= 4 is 11.5 Å². The number of halogens is 3. The van der Waals surface area contributed by atoms with Crippen LogP contribution in [0.15, 0.2) is 12.4 Å². The van der Waals surface area contributed by atoms with Gasteiger partial charge in [0.1, 0.15) is 6.33 Å². The molecule has 0 amide bonds. The zero-order valence-corrected chi connectivity index (χ0v) is 14.5. The first-order valence-electron chi connectivity index (χ1n) is 7.89. The predicted octanol–water partition coefficient (Wildman–Crippen LogP) is 1.68. The van der Waals surface area contributed by atoms with Crippen LogP contribution in [0.25, 0.3) is 0 Å². The molecule has 2 aromatic rings. The Balaban J connectivity index is 1.96. The topological polar surface area (TPSA) is 102 Å². The quantitative estimate of drug-likeness (QED) is 0.577. The number of hydrogen-bond donors (Lipinski definition) is 0. The van der Waals surface area contributed by atoms with Gasteiger partial charge < -0.3 is 14.5 Å². The standard InChI is InChI=1S/C14H16F3N7O3/c1-21-3-5-23(6-4-21)12-11(24(25)26)13(19-8-18-12)27-10-7-9(14(15,16)17)20-22(10)2/h7-8H,3-6H2,1-2H3. The second-order valence-corrected chi connectivity index (χ2v) is 5.99. The van der Waals surface area contributed by atoms with Crippen LogP contribution in [0.4, 0.5) is 24.7 Å². The van der Waals surface area contributed by atoms with Crippen molar-refractivity contribution in [3.63, 3.8) is 0 Å². The molecule has 0 saturated carbocycles. The van der Waals surface area contributed by atoms with Crippen LogP contribution in [0.3, 0.4) is 0 Å². The summed E-state index contributed by atoms with van der Waals surface area (Å²) in [6.45, 7) is 2.40. The molecule has 0 atom stereocenters. The third-order valence-electron chi connectivity index (χ3n) is 4.08. The number of anilines is 1. The van der Waals surface area contributed by atoms with Gasteiger partial charge in [-0.1, -0.05) is 0 Å². The summed E-state index contributed by atoms with van der Waals surface area (Å²) in [5.74, 6) is -0.703. The maximum Gasteiger partial charge on any atom is 0.435 e. The summed E-state index contributed by atoms with van der Waals surface area (Å²) in [7, 11) is 3.17. The number of rotatable bonds is 4. The third-order valence-corrected chi connectivity index (χ3v) is 4.08. The highest BCUT2D eigenvalue weighted by molar-refractivity contribution is 5.63. The Morgan fingerprint density at radius 3 is 2.41 bits per heavy atom. The highest BCUT2D eigenvalue weighted by atomic mass is 19.4. The molecule has 3 rings (SSSR count). The van der Waals surface area contributed by atoms with Gasteiger partial charge in [0.25, 0.3) is 0 Å². The van der Waals surface area contributed by atoms with Crippen molar-refractivity contribution in [3.05, 3.63) is 28.2 Å². The van der Waals surface area contributed by atoms with Crippen LogP contribution >= 0.6 is 0 Å². The van der Waals surface area contributed by atoms with E-state index in [2.05, 4.69) is 20.0 Å². The SMILES string of the molecule is CN1CCN(c2ncnc(Oc3cc(C(F)(F)F)nn3C)c2[N+](=O)[O-])CC1. The van der Waals surface area contributed by atoms with Crippen LogP contribution in [0.1, 0.15) is 5.69 Å². The maximum absolute atomic E-state index is 12.8. The molecule has 0 unspecified atom stereocenters. The lowest BCUT2D eigenvalue weighted by molar-refractivity contribution is -0.385. The minimum atomic E-state index is -4.66. The average molecular weight is 387 g/mol. The number of hydrogen-bond acceptors (Lipinski definition) is 8. The minimum absolute atomic E-state index is 0.0660. The molecule has 0 aromatic carbocycles. The molecule has 0 bridgehead atoms. The molecule has 2 aromatic heterocycles. The molecular weight excluding hydrogens is 371 g/mol. The van der Waals surface area contributed by atoms with Crippen LogP contribution in [0.5, 0.6) is 11.8 Å². The fraction of sp³-hybridized carbons (Fsp3) is 0.500. The molecule has 3 heterocycles.